The average Bonchev–Trinajstić information content (AvgIpc) is 2.59. The van der Waals surface area contributed by atoms with Gasteiger partial charge in [0.25, 0.3) is 0 Å². The number of ether oxygens (including phenoxy) is 1. The van der Waals surface area contributed by atoms with Crippen molar-refractivity contribution in [1.82, 2.24) is 0 Å². The molecule has 0 aliphatic carbocycles. The summed E-state index contributed by atoms with van der Waals surface area (Å²) in [5.74, 6) is -0.254. The fraction of sp³-hybridized carbons (Fsp3) is 0.455. The molecule has 82 valence electrons. The van der Waals surface area contributed by atoms with Crippen LogP contribution in [0, 0.1) is 5.82 Å². The van der Waals surface area contributed by atoms with Crippen molar-refractivity contribution in [3.8, 4) is 0 Å². The van der Waals surface area contributed by atoms with E-state index in [2.05, 4.69) is 0 Å². The van der Waals surface area contributed by atoms with Gasteiger partial charge >= 0.3 is 0 Å². The summed E-state index contributed by atoms with van der Waals surface area (Å²) in [7, 11) is 0. The lowest BCUT2D eigenvalue weighted by Gasteiger charge is -2.21. The summed E-state index contributed by atoms with van der Waals surface area (Å²) in [6.07, 6.45) is 1.23. The highest BCUT2D eigenvalue weighted by Crippen LogP contribution is 2.24. The highest BCUT2D eigenvalue weighted by molar-refractivity contribution is 6.30. The van der Waals surface area contributed by atoms with Crippen molar-refractivity contribution in [3.63, 3.8) is 0 Å². The molecule has 0 bridgehead atoms. The van der Waals surface area contributed by atoms with Crippen LogP contribution >= 0.6 is 11.6 Å². The second-order valence-electron chi connectivity index (χ2n) is 4.08. The molecule has 1 heterocycles. The van der Waals surface area contributed by atoms with Crippen molar-refractivity contribution in [2.75, 3.05) is 13.2 Å². The monoisotopic (exact) mass is 229 g/mol. The standard InChI is InChI=1S/C11H13ClFNO/c12-9-1-2-10(13)8(5-9)6-11(14)3-4-15-7-11/h1-2,5H,3-4,6-7,14H2. The first kappa shape index (κ1) is 10.9. The number of hydrogen-bond donors (Lipinski definition) is 1. The SMILES string of the molecule is NC1(Cc2cc(Cl)ccc2F)CCOC1. The molecule has 2 N–H and O–H groups in total. The Labute approximate surface area is 93.2 Å². The average molecular weight is 230 g/mol. The molecule has 1 aliphatic heterocycles. The van der Waals surface area contributed by atoms with E-state index in [4.69, 9.17) is 22.1 Å². The molecule has 4 heteroatoms. The summed E-state index contributed by atoms with van der Waals surface area (Å²) in [4.78, 5) is 0. The summed E-state index contributed by atoms with van der Waals surface area (Å²) in [6, 6.07) is 4.54. The van der Waals surface area contributed by atoms with Crippen LogP contribution < -0.4 is 5.73 Å². The summed E-state index contributed by atoms with van der Waals surface area (Å²) in [5, 5.41) is 0.536. The topological polar surface area (TPSA) is 35.2 Å². The fourth-order valence-corrected chi connectivity index (χ4v) is 2.02. The number of hydrogen-bond acceptors (Lipinski definition) is 2. The molecule has 1 aromatic rings. The molecule has 15 heavy (non-hydrogen) atoms. The molecule has 0 spiro atoms. The van der Waals surface area contributed by atoms with Gasteiger partial charge in [0.05, 0.1) is 6.61 Å². The van der Waals surface area contributed by atoms with Crippen LogP contribution in [-0.4, -0.2) is 18.8 Å². The Morgan fingerprint density at radius 3 is 3.00 bits per heavy atom. The third-order valence-corrected chi connectivity index (χ3v) is 2.92. The van der Waals surface area contributed by atoms with Crippen LogP contribution in [0.1, 0.15) is 12.0 Å². The molecule has 1 saturated heterocycles. The molecule has 0 saturated carbocycles. The highest BCUT2D eigenvalue weighted by atomic mass is 35.5. The van der Waals surface area contributed by atoms with Crippen LogP contribution in [0.5, 0.6) is 0 Å². The molecule has 0 aromatic heterocycles. The molecule has 0 amide bonds. The molecule has 1 atom stereocenters. The zero-order valence-corrected chi connectivity index (χ0v) is 9.06. The van der Waals surface area contributed by atoms with Gasteiger partial charge in [0.1, 0.15) is 5.82 Å². The maximum Gasteiger partial charge on any atom is 0.126 e. The van der Waals surface area contributed by atoms with E-state index < -0.39 is 5.54 Å². The van der Waals surface area contributed by atoms with Crippen LogP contribution in [0.3, 0.4) is 0 Å². The smallest absolute Gasteiger partial charge is 0.126 e. The van der Waals surface area contributed by atoms with E-state index in [1.165, 1.54) is 12.1 Å². The Bertz CT molecular complexity index is 364. The summed E-state index contributed by atoms with van der Waals surface area (Å²) >= 11 is 5.81. The van der Waals surface area contributed by atoms with Gasteiger partial charge < -0.3 is 10.5 Å². The first-order chi connectivity index (χ1) is 7.09. The van der Waals surface area contributed by atoms with Crippen LogP contribution in [0.2, 0.25) is 5.02 Å². The zero-order valence-electron chi connectivity index (χ0n) is 8.30. The Morgan fingerprint density at radius 2 is 2.33 bits per heavy atom. The molecule has 1 aliphatic rings. The Morgan fingerprint density at radius 1 is 1.53 bits per heavy atom. The molecular formula is C11H13ClFNO. The van der Waals surface area contributed by atoms with E-state index in [1.54, 1.807) is 6.07 Å². The Balaban J connectivity index is 2.19. The molecule has 1 aromatic carbocycles. The third-order valence-electron chi connectivity index (χ3n) is 2.68. The zero-order chi connectivity index (χ0) is 10.9. The molecule has 2 nitrogen and oxygen atoms in total. The lowest BCUT2D eigenvalue weighted by Crippen LogP contribution is -2.42. The first-order valence-electron chi connectivity index (χ1n) is 4.90. The van der Waals surface area contributed by atoms with Gasteiger partial charge in [0.15, 0.2) is 0 Å². The van der Waals surface area contributed by atoms with Crippen molar-refractivity contribution in [1.29, 1.82) is 0 Å². The normalized spacial score (nSPS) is 25.8. The van der Waals surface area contributed by atoms with E-state index in [1.807, 2.05) is 0 Å². The minimum atomic E-state index is -0.439. The highest BCUT2D eigenvalue weighted by Gasteiger charge is 2.31. The largest absolute Gasteiger partial charge is 0.379 e. The second kappa shape index (κ2) is 4.08. The van der Waals surface area contributed by atoms with Gasteiger partial charge in [-0.25, -0.2) is 4.39 Å². The van der Waals surface area contributed by atoms with Gasteiger partial charge in [-0.05, 0) is 36.6 Å². The molecular weight excluding hydrogens is 217 g/mol. The third kappa shape index (κ3) is 2.48. The van der Waals surface area contributed by atoms with Gasteiger partial charge in [0.2, 0.25) is 0 Å². The predicted octanol–water partition coefficient (Wildman–Crippen LogP) is 2.14. The van der Waals surface area contributed by atoms with E-state index in [9.17, 15) is 4.39 Å². The van der Waals surface area contributed by atoms with Crippen molar-refractivity contribution < 1.29 is 9.13 Å². The van der Waals surface area contributed by atoms with E-state index in [0.717, 1.165) is 6.42 Å². The number of halogens is 2. The number of nitrogens with two attached hydrogens (primary N) is 1. The number of benzene rings is 1. The van der Waals surface area contributed by atoms with E-state index in [-0.39, 0.29) is 5.82 Å². The maximum absolute atomic E-state index is 13.4. The van der Waals surface area contributed by atoms with Crippen LogP contribution in [0.15, 0.2) is 18.2 Å². The van der Waals surface area contributed by atoms with Gasteiger partial charge in [-0.3, -0.25) is 0 Å². The summed E-state index contributed by atoms with van der Waals surface area (Å²) < 4.78 is 18.7. The molecule has 1 fully saturated rings. The molecule has 0 radical (unpaired) electrons. The van der Waals surface area contributed by atoms with E-state index in [0.29, 0.717) is 30.2 Å². The van der Waals surface area contributed by atoms with Crippen molar-refractivity contribution in [2.45, 2.75) is 18.4 Å². The maximum atomic E-state index is 13.4. The van der Waals surface area contributed by atoms with Crippen molar-refractivity contribution >= 4 is 11.6 Å². The van der Waals surface area contributed by atoms with Crippen LogP contribution in [-0.2, 0) is 11.2 Å². The molecule has 2 rings (SSSR count). The van der Waals surface area contributed by atoms with Gasteiger partial charge in [-0.1, -0.05) is 11.6 Å². The van der Waals surface area contributed by atoms with E-state index >= 15 is 0 Å². The quantitative estimate of drug-likeness (QED) is 0.844. The summed E-state index contributed by atoms with van der Waals surface area (Å²) in [5.41, 5.74) is 6.20. The predicted molar refractivity (Wildman–Crippen MR) is 57.5 cm³/mol. The van der Waals surface area contributed by atoms with Crippen LogP contribution in [0.25, 0.3) is 0 Å². The lowest BCUT2D eigenvalue weighted by atomic mass is 9.91. The van der Waals surface area contributed by atoms with Gasteiger partial charge in [-0.2, -0.15) is 0 Å². The Kier molecular flexibility index (Phi) is 2.96. The van der Waals surface area contributed by atoms with Crippen molar-refractivity contribution in [3.05, 3.63) is 34.6 Å². The van der Waals surface area contributed by atoms with Crippen molar-refractivity contribution in [2.24, 2.45) is 5.73 Å². The Hall–Kier alpha value is -0.640. The minimum absolute atomic E-state index is 0.254. The minimum Gasteiger partial charge on any atom is -0.379 e. The second-order valence-corrected chi connectivity index (χ2v) is 4.51. The lowest BCUT2D eigenvalue weighted by molar-refractivity contribution is 0.178. The van der Waals surface area contributed by atoms with Gasteiger partial charge in [-0.15, -0.1) is 0 Å². The summed E-state index contributed by atoms with van der Waals surface area (Å²) in [6.45, 7) is 1.14. The van der Waals surface area contributed by atoms with Crippen LogP contribution in [0.4, 0.5) is 4.39 Å². The molecule has 1 unspecified atom stereocenters. The van der Waals surface area contributed by atoms with Gasteiger partial charge in [0, 0.05) is 17.2 Å². The number of rotatable bonds is 2. The first-order valence-corrected chi connectivity index (χ1v) is 5.27. The fourth-order valence-electron chi connectivity index (χ4n) is 1.82.